The minimum atomic E-state index is -0.453. The maximum absolute atomic E-state index is 11.5. The van der Waals surface area contributed by atoms with Crippen LogP contribution in [0.2, 0.25) is 0 Å². The van der Waals surface area contributed by atoms with Gasteiger partial charge in [-0.1, -0.05) is 13.8 Å². The molecule has 0 aromatic carbocycles. The van der Waals surface area contributed by atoms with Gasteiger partial charge in [-0.05, 0) is 5.92 Å². The highest BCUT2D eigenvalue weighted by molar-refractivity contribution is 7.08. The Balaban J connectivity index is 2.59. The number of rotatable bonds is 4. The lowest BCUT2D eigenvalue weighted by Gasteiger charge is -2.09. The zero-order chi connectivity index (χ0) is 12.8. The van der Waals surface area contributed by atoms with Gasteiger partial charge in [0.1, 0.15) is 0 Å². The largest absolute Gasteiger partial charge is 0.465 e. The van der Waals surface area contributed by atoms with Crippen LogP contribution in [-0.4, -0.2) is 25.7 Å². The van der Waals surface area contributed by atoms with Crippen molar-refractivity contribution < 1.29 is 14.3 Å². The predicted octanol–water partition coefficient (Wildman–Crippen LogP) is 2.31. The smallest absolute Gasteiger partial charge is 0.340 e. The predicted molar refractivity (Wildman–Crippen MR) is 67.5 cm³/mol. The normalized spacial score (nSPS) is 10.1. The van der Waals surface area contributed by atoms with E-state index < -0.39 is 5.97 Å². The number of urea groups is 1. The lowest BCUT2D eigenvalue weighted by Crippen LogP contribution is -2.32. The Kier molecular flexibility index (Phi) is 4.96. The van der Waals surface area contributed by atoms with E-state index in [2.05, 4.69) is 15.4 Å². The number of esters is 1. The quantitative estimate of drug-likeness (QED) is 0.812. The summed E-state index contributed by atoms with van der Waals surface area (Å²) >= 11 is 1.33. The number of hydrogen-bond donors (Lipinski definition) is 2. The van der Waals surface area contributed by atoms with Crippen molar-refractivity contribution in [3.8, 4) is 0 Å². The van der Waals surface area contributed by atoms with Gasteiger partial charge in [-0.3, -0.25) is 0 Å². The third kappa shape index (κ3) is 4.07. The van der Waals surface area contributed by atoms with E-state index in [0.29, 0.717) is 23.7 Å². The van der Waals surface area contributed by atoms with E-state index in [4.69, 9.17) is 0 Å². The van der Waals surface area contributed by atoms with Crippen LogP contribution in [0.5, 0.6) is 0 Å². The molecule has 2 N–H and O–H groups in total. The lowest BCUT2D eigenvalue weighted by atomic mass is 10.2. The number of carbonyl (C=O) groups is 2. The van der Waals surface area contributed by atoms with Crippen molar-refractivity contribution in [3.05, 3.63) is 16.3 Å². The summed E-state index contributed by atoms with van der Waals surface area (Å²) in [7, 11) is 1.31. The monoisotopic (exact) mass is 256 g/mol. The molecular weight excluding hydrogens is 240 g/mol. The molecule has 6 heteroatoms. The minimum Gasteiger partial charge on any atom is -0.465 e. The number of anilines is 1. The molecule has 0 radical (unpaired) electrons. The number of carbonyl (C=O) groups excluding carboxylic acids is 2. The Bertz CT molecular complexity index is 401. The van der Waals surface area contributed by atoms with Crippen LogP contribution >= 0.6 is 11.3 Å². The average Bonchev–Trinajstić information content (AvgIpc) is 2.73. The van der Waals surface area contributed by atoms with Crippen LogP contribution in [0, 0.1) is 5.92 Å². The molecule has 0 aliphatic rings. The molecule has 0 fully saturated rings. The first-order valence-electron chi connectivity index (χ1n) is 5.24. The van der Waals surface area contributed by atoms with Crippen molar-refractivity contribution in [2.24, 2.45) is 5.92 Å². The second kappa shape index (κ2) is 6.24. The van der Waals surface area contributed by atoms with Crippen LogP contribution in [0.25, 0.3) is 0 Å². The Morgan fingerprint density at radius 2 is 2.12 bits per heavy atom. The zero-order valence-electron chi connectivity index (χ0n) is 10.1. The van der Waals surface area contributed by atoms with Crippen LogP contribution in [0.1, 0.15) is 24.2 Å². The van der Waals surface area contributed by atoms with Gasteiger partial charge in [0, 0.05) is 17.3 Å². The average molecular weight is 256 g/mol. The van der Waals surface area contributed by atoms with Crippen LogP contribution < -0.4 is 10.6 Å². The van der Waals surface area contributed by atoms with E-state index in [1.54, 1.807) is 10.8 Å². The van der Waals surface area contributed by atoms with Crippen molar-refractivity contribution in [1.82, 2.24) is 5.32 Å². The van der Waals surface area contributed by atoms with E-state index in [0.717, 1.165) is 0 Å². The maximum atomic E-state index is 11.5. The second-order valence-corrected chi connectivity index (χ2v) is 4.66. The highest BCUT2D eigenvalue weighted by Crippen LogP contribution is 2.21. The summed E-state index contributed by atoms with van der Waals surface area (Å²) in [6.45, 7) is 4.60. The highest BCUT2D eigenvalue weighted by atomic mass is 32.1. The van der Waals surface area contributed by atoms with Crippen molar-refractivity contribution in [2.75, 3.05) is 19.0 Å². The molecule has 0 aliphatic carbocycles. The fraction of sp³-hybridized carbons (Fsp3) is 0.455. The van der Waals surface area contributed by atoms with Crippen molar-refractivity contribution >= 4 is 29.0 Å². The Labute approximate surface area is 104 Å². The summed E-state index contributed by atoms with van der Waals surface area (Å²) in [5.74, 6) is -0.0753. The van der Waals surface area contributed by atoms with Crippen molar-refractivity contribution in [2.45, 2.75) is 13.8 Å². The molecule has 0 unspecified atom stereocenters. The topological polar surface area (TPSA) is 67.4 Å². The van der Waals surface area contributed by atoms with Gasteiger partial charge >= 0.3 is 12.0 Å². The molecule has 1 rings (SSSR count). The van der Waals surface area contributed by atoms with Crippen LogP contribution in [-0.2, 0) is 4.74 Å². The molecule has 0 spiro atoms. The van der Waals surface area contributed by atoms with Gasteiger partial charge in [-0.25, -0.2) is 9.59 Å². The van der Waals surface area contributed by atoms with Gasteiger partial charge in [-0.15, -0.1) is 11.3 Å². The SMILES string of the molecule is COC(=O)c1cscc1NC(=O)NCC(C)C. The van der Waals surface area contributed by atoms with Crippen molar-refractivity contribution in [1.29, 1.82) is 0 Å². The third-order valence-electron chi connectivity index (χ3n) is 1.99. The summed E-state index contributed by atoms with van der Waals surface area (Å²) in [5.41, 5.74) is 0.848. The number of methoxy groups -OCH3 is 1. The van der Waals surface area contributed by atoms with Gasteiger partial charge in [0.25, 0.3) is 0 Å². The molecule has 94 valence electrons. The van der Waals surface area contributed by atoms with E-state index >= 15 is 0 Å². The number of thiophene rings is 1. The van der Waals surface area contributed by atoms with E-state index in [1.807, 2.05) is 13.8 Å². The summed E-state index contributed by atoms with van der Waals surface area (Å²) in [4.78, 5) is 22.9. The van der Waals surface area contributed by atoms with Crippen molar-refractivity contribution in [3.63, 3.8) is 0 Å². The van der Waals surface area contributed by atoms with Gasteiger partial charge in [0.05, 0.1) is 18.4 Å². The molecular formula is C11H16N2O3S. The standard InChI is InChI=1S/C11H16N2O3S/c1-7(2)4-12-11(15)13-9-6-17-5-8(9)10(14)16-3/h5-7H,4H2,1-3H3,(H2,12,13,15). The summed E-state index contributed by atoms with van der Waals surface area (Å²) in [6.07, 6.45) is 0. The molecule has 1 heterocycles. The van der Waals surface area contributed by atoms with Crippen LogP contribution in [0.4, 0.5) is 10.5 Å². The van der Waals surface area contributed by atoms with E-state index in [-0.39, 0.29) is 6.03 Å². The molecule has 2 amide bonds. The number of nitrogens with one attached hydrogen (secondary N) is 2. The fourth-order valence-electron chi connectivity index (χ4n) is 1.13. The third-order valence-corrected chi connectivity index (χ3v) is 2.73. The van der Waals surface area contributed by atoms with Gasteiger partial charge in [0.15, 0.2) is 0 Å². The van der Waals surface area contributed by atoms with Crippen LogP contribution in [0.3, 0.4) is 0 Å². The molecule has 0 aliphatic heterocycles. The maximum Gasteiger partial charge on any atom is 0.340 e. The number of hydrogen-bond acceptors (Lipinski definition) is 4. The zero-order valence-corrected chi connectivity index (χ0v) is 10.9. The minimum absolute atomic E-state index is 0.317. The van der Waals surface area contributed by atoms with E-state index in [1.165, 1.54) is 18.4 Å². The molecule has 5 nitrogen and oxygen atoms in total. The lowest BCUT2D eigenvalue weighted by molar-refractivity contribution is 0.0602. The van der Waals surface area contributed by atoms with E-state index in [9.17, 15) is 9.59 Å². The van der Waals surface area contributed by atoms with Crippen LogP contribution in [0.15, 0.2) is 10.8 Å². The molecule has 0 bridgehead atoms. The fourth-order valence-corrected chi connectivity index (χ4v) is 1.87. The molecule has 17 heavy (non-hydrogen) atoms. The first-order chi connectivity index (χ1) is 8.04. The summed E-state index contributed by atoms with van der Waals surface area (Å²) < 4.78 is 4.61. The Morgan fingerprint density at radius 3 is 2.71 bits per heavy atom. The van der Waals surface area contributed by atoms with Gasteiger partial charge in [0.2, 0.25) is 0 Å². The molecule has 0 saturated carbocycles. The molecule has 1 aromatic heterocycles. The Hall–Kier alpha value is -1.56. The molecule has 0 saturated heterocycles. The molecule has 0 atom stereocenters. The van der Waals surface area contributed by atoms with Gasteiger partial charge < -0.3 is 15.4 Å². The number of ether oxygens (including phenoxy) is 1. The first-order valence-corrected chi connectivity index (χ1v) is 6.18. The summed E-state index contributed by atoms with van der Waals surface area (Å²) in [5, 5.41) is 8.67. The number of amides is 2. The summed E-state index contributed by atoms with van der Waals surface area (Å²) in [6, 6.07) is -0.317. The second-order valence-electron chi connectivity index (χ2n) is 3.92. The molecule has 1 aromatic rings. The first kappa shape index (κ1) is 13.5. The Morgan fingerprint density at radius 1 is 1.41 bits per heavy atom. The highest BCUT2D eigenvalue weighted by Gasteiger charge is 2.14. The van der Waals surface area contributed by atoms with Gasteiger partial charge in [-0.2, -0.15) is 0 Å².